The van der Waals surface area contributed by atoms with Crippen molar-refractivity contribution in [2.75, 3.05) is 18.0 Å². The van der Waals surface area contributed by atoms with Crippen molar-refractivity contribution in [2.45, 2.75) is 44.4 Å². The minimum atomic E-state index is -0.671. The summed E-state index contributed by atoms with van der Waals surface area (Å²) in [7, 11) is 0. The zero-order valence-electron chi connectivity index (χ0n) is 18.2. The van der Waals surface area contributed by atoms with Crippen molar-refractivity contribution in [3.05, 3.63) is 88.1 Å². The number of ether oxygens (including phenoxy) is 1. The number of benzene rings is 2. The fraction of sp³-hybridized carbons (Fsp3) is 0.346. The first kappa shape index (κ1) is 22.1. The fourth-order valence-corrected chi connectivity index (χ4v) is 4.96. The minimum Gasteiger partial charge on any atom is -0.487 e. The lowest BCUT2D eigenvalue weighted by Crippen LogP contribution is -2.40. The Morgan fingerprint density at radius 1 is 1.06 bits per heavy atom. The van der Waals surface area contributed by atoms with Gasteiger partial charge in [-0.2, -0.15) is 0 Å². The first-order valence-electron chi connectivity index (χ1n) is 11.4. The van der Waals surface area contributed by atoms with Crippen LogP contribution in [0.5, 0.6) is 5.75 Å². The zero-order valence-corrected chi connectivity index (χ0v) is 19.0. The molecule has 0 bridgehead atoms. The second-order valence-corrected chi connectivity index (χ2v) is 9.16. The van der Waals surface area contributed by atoms with Gasteiger partial charge in [-0.25, -0.2) is 13.8 Å². The lowest BCUT2D eigenvalue weighted by Gasteiger charge is -2.34. The van der Waals surface area contributed by atoms with Crippen LogP contribution in [0.4, 0.5) is 14.6 Å². The maximum atomic E-state index is 13.9. The van der Waals surface area contributed by atoms with Crippen LogP contribution in [0, 0.1) is 11.6 Å². The molecule has 1 fully saturated rings. The number of fused-ring (bicyclic) bond motifs is 1. The summed E-state index contributed by atoms with van der Waals surface area (Å²) in [5.74, 6) is -0.389. The molecular formula is C26H26ClF2N3O. The second kappa shape index (κ2) is 9.65. The summed E-state index contributed by atoms with van der Waals surface area (Å²) in [6, 6.07) is 16.3. The molecule has 1 N–H and O–H groups in total. The molecule has 2 aliphatic heterocycles. The number of nitrogens with one attached hydrogen (secondary N) is 1. The molecule has 4 nitrogen and oxygen atoms in total. The summed E-state index contributed by atoms with van der Waals surface area (Å²) >= 11 is 6.66. The normalized spacial score (nSPS) is 18.8. The van der Waals surface area contributed by atoms with Crippen LogP contribution in [0.25, 0.3) is 0 Å². The van der Waals surface area contributed by atoms with Gasteiger partial charge in [0.05, 0.1) is 10.7 Å². The fourth-order valence-electron chi connectivity index (χ4n) is 4.66. The summed E-state index contributed by atoms with van der Waals surface area (Å²) in [4.78, 5) is 7.07. The van der Waals surface area contributed by atoms with Crippen molar-refractivity contribution in [2.24, 2.45) is 0 Å². The lowest BCUT2D eigenvalue weighted by molar-refractivity contribution is 0.163. The molecular weight excluding hydrogens is 444 g/mol. The van der Waals surface area contributed by atoms with Gasteiger partial charge in [-0.05, 0) is 42.2 Å². The van der Waals surface area contributed by atoms with Gasteiger partial charge in [-0.3, -0.25) is 0 Å². The smallest absolute Gasteiger partial charge is 0.167 e. The summed E-state index contributed by atoms with van der Waals surface area (Å²) in [5.41, 5.74) is 3.57. The number of anilines is 1. The van der Waals surface area contributed by atoms with Crippen LogP contribution in [0.3, 0.4) is 0 Å². The maximum absolute atomic E-state index is 13.9. The Balaban J connectivity index is 1.21. The summed E-state index contributed by atoms with van der Waals surface area (Å²) < 4.78 is 32.8. The molecule has 1 aromatic heterocycles. The first-order valence-corrected chi connectivity index (χ1v) is 11.7. The highest BCUT2D eigenvalue weighted by Gasteiger charge is 2.26. The van der Waals surface area contributed by atoms with Crippen LogP contribution >= 0.6 is 11.6 Å². The highest BCUT2D eigenvalue weighted by molar-refractivity contribution is 6.33. The van der Waals surface area contributed by atoms with E-state index in [-0.39, 0.29) is 11.9 Å². The SMILES string of the molecule is Fc1ccc(OC2CCN(c3nc4c(cc3Cl)CC(Cc3ccccc3)NC4)CC2)c(F)c1. The highest BCUT2D eigenvalue weighted by Crippen LogP contribution is 2.32. The number of piperidine rings is 1. The number of nitrogens with zero attached hydrogens (tertiary/aromatic N) is 2. The average Bonchev–Trinajstić information content (AvgIpc) is 2.82. The second-order valence-electron chi connectivity index (χ2n) is 8.75. The van der Waals surface area contributed by atoms with Crippen molar-refractivity contribution in [3.8, 4) is 5.75 Å². The van der Waals surface area contributed by atoms with E-state index in [9.17, 15) is 8.78 Å². The van der Waals surface area contributed by atoms with E-state index >= 15 is 0 Å². The number of pyridine rings is 1. The van der Waals surface area contributed by atoms with E-state index in [2.05, 4.69) is 40.5 Å². The van der Waals surface area contributed by atoms with E-state index in [1.54, 1.807) is 0 Å². The van der Waals surface area contributed by atoms with Crippen LogP contribution in [0.1, 0.15) is 29.7 Å². The number of halogens is 3. The Kier molecular flexibility index (Phi) is 6.47. The van der Waals surface area contributed by atoms with Gasteiger partial charge >= 0.3 is 0 Å². The summed E-state index contributed by atoms with van der Waals surface area (Å²) in [5, 5.41) is 4.28. The number of rotatable bonds is 5. The highest BCUT2D eigenvalue weighted by atomic mass is 35.5. The molecule has 0 aliphatic carbocycles. The molecule has 0 radical (unpaired) electrons. The molecule has 0 spiro atoms. The molecule has 3 heterocycles. The Labute approximate surface area is 197 Å². The molecule has 1 unspecified atom stereocenters. The van der Waals surface area contributed by atoms with Gasteiger partial charge in [0, 0.05) is 44.6 Å². The molecule has 5 rings (SSSR count). The number of aromatic nitrogens is 1. The van der Waals surface area contributed by atoms with E-state index < -0.39 is 11.6 Å². The van der Waals surface area contributed by atoms with Crippen molar-refractivity contribution < 1.29 is 13.5 Å². The summed E-state index contributed by atoms with van der Waals surface area (Å²) in [6.07, 6.45) is 3.17. The Morgan fingerprint density at radius 3 is 2.61 bits per heavy atom. The van der Waals surface area contributed by atoms with Crippen LogP contribution < -0.4 is 15.0 Å². The predicted octanol–water partition coefficient (Wildman–Crippen LogP) is 5.32. The van der Waals surface area contributed by atoms with Crippen molar-refractivity contribution in [3.63, 3.8) is 0 Å². The van der Waals surface area contributed by atoms with Crippen LogP contribution in [0.2, 0.25) is 5.02 Å². The Hall–Kier alpha value is -2.70. The van der Waals surface area contributed by atoms with Gasteiger partial charge in [0.1, 0.15) is 17.7 Å². The van der Waals surface area contributed by atoms with Crippen LogP contribution in [-0.4, -0.2) is 30.2 Å². The zero-order chi connectivity index (χ0) is 22.8. The van der Waals surface area contributed by atoms with Crippen LogP contribution in [0.15, 0.2) is 54.6 Å². The van der Waals surface area contributed by atoms with Gasteiger partial charge in [-0.1, -0.05) is 41.9 Å². The molecule has 33 heavy (non-hydrogen) atoms. The third-order valence-electron chi connectivity index (χ3n) is 6.40. The molecule has 1 saturated heterocycles. The quantitative estimate of drug-likeness (QED) is 0.549. The maximum Gasteiger partial charge on any atom is 0.167 e. The number of hydrogen-bond acceptors (Lipinski definition) is 4. The monoisotopic (exact) mass is 469 g/mol. The van der Waals surface area contributed by atoms with Crippen molar-refractivity contribution in [1.82, 2.24) is 10.3 Å². The molecule has 7 heteroatoms. The van der Waals surface area contributed by atoms with Crippen molar-refractivity contribution >= 4 is 17.4 Å². The average molecular weight is 470 g/mol. The molecule has 0 amide bonds. The Morgan fingerprint density at radius 2 is 1.85 bits per heavy atom. The van der Waals surface area contributed by atoms with E-state index in [1.165, 1.54) is 23.3 Å². The van der Waals surface area contributed by atoms with Crippen molar-refractivity contribution in [1.29, 1.82) is 0 Å². The van der Waals surface area contributed by atoms with E-state index in [0.717, 1.165) is 37.0 Å². The van der Waals surface area contributed by atoms with Gasteiger partial charge < -0.3 is 15.0 Å². The third-order valence-corrected chi connectivity index (χ3v) is 6.68. The standard InChI is InChI=1S/C26H26ClF2N3O/c27-22-14-18-13-20(12-17-4-2-1-3-5-17)30-16-24(18)31-26(22)32-10-8-21(9-11-32)33-25-7-6-19(28)15-23(25)29/h1-7,14-15,20-21,30H,8-13,16H2. The molecule has 2 aromatic carbocycles. The molecule has 0 saturated carbocycles. The van der Waals surface area contributed by atoms with Gasteiger partial charge in [0.25, 0.3) is 0 Å². The third kappa shape index (κ3) is 5.12. The Bertz CT molecular complexity index is 1120. The molecule has 172 valence electrons. The van der Waals surface area contributed by atoms with E-state index in [0.29, 0.717) is 37.0 Å². The van der Waals surface area contributed by atoms with Gasteiger partial charge in [0.15, 0.2) is 11.6 Å². The van der Waals surface area contributed by atoms with Gasteiger partial charge in [-0.15, -0.1) is 0 Å². The van der Waals surface area contributed by atoms with Gasteiger partial charge in [0.2, 0.25) is 0 Å². The minimum absolute atomic E-state index is 0.0934. The molecule has 3 aromatic rings. The first-order chi connectivity index (χ1) is 16.0. The summed E-state index contributed by atoms with van der Waals surface area (Å²) in [6.45, 7) is 2.15. The van der Waals surface area contributed by atoms with Crippen LogP contribution in [-0.2, 0) is 19.4 Å². The lowest BCUT2D eigenvalue weighted by atomic mass is 9.94. The molecule has 1 atom stereocenters. The topological polar surface area (TPSA) is 37.4 Å². The van der Waals surface area contributed by atoms with E-state index in [1.807, 2.05) is 6.07 Å². The number of hydrogen-bond donors (Lipinski definition) is 1. The predicted molar refractivity (Wildman–Crippen MR) is 126 cm³/mol. The largest absolute Gasteiger partial charge is 0.487 e. The van der Waals surface area contributed by atoms with E-state index in [4.69, 9.17) is 21.3 Å². The molecule has 2 aliphatic rings.